The summed E-state index contributed by atoms with van der Waals surface area (Å²) in [5, 5.41) is 2.79. The SMILES string of the molecule is CC1CN(Cc2cccc(CNC(=O)CN)c2)CCO1. The van der Waals surface area contributed by atoms with Crippen molar-refractivity contribution in [2.45, 2.75) is 26.1 Å². The number of nitrogens with one attached hydrogen (secondary N) is 1. The molecule has 5 nitrogen and oxygen atoms in total. The van der Waals surface area contributed by atoms with Crippen molar-refractivity contribution < 1.29 is 9.53 Å². The van der Waals surface area contributed by atoms with Crippen molar-refractivity contribution in [1.29, 1.82) is 0 Å². The van der Waals surface area contributed by atoms with Gasteiger partial charge >= 0.3 is 0 Å². The predicted octanol–water partition coefficient (Wildman–Crippen LogP) is 0.482. The van der Waals surface area contributed by atoms with Crippen molar-refractivity contribution in [2.75, 3.05) is 26.2 Å². The second-order valence-electron chi connectivity index (χ2n) is 5.22. The van der Waals surface area contributed by atoms with Gasteiger partial charge in [-0.1, -0.05) is 24.3 Å². The van der Waals surface area contributed by atoms with Gasteiger partial charge in [0.2, 0.25) is 5.91 Å². The lowest BCUT2D eigenvalue weighted by atomic mass is 10.1. The number of nitrogens with two attached hydrogens (primary N) is 1. The van der Waals surface area contributed by atoms with Gasteiger partial charge < -0.3 is 15.8 Å². The van der Waals surface area contributed by atoms with Gasteiger partial charge in [0.05, 0.1) is 19.3 Å². The first-order chi connectivity index (χ1) is 9.67. The van der Waals surface area contributed by atoms with E-state index >= 15 is 0 Å². The lowest BCUT2D eigenvalue weighted by Gasteiger charge is -2.31. The van der Waals surface area contributed by atoms with Crippen LogP contribution in [-0.2, 0) is 22.6 Å². The largest absolute Gasteiger partial charge is 0.376 e. The van der Waals surface area contributed by atoms with Crippen LogP contribution in [-0.4, -0.2) is 43.2 Å². The molecule has 1 heterocycles. The monoisotopic (exact) mass is 277 g/mol. The van der Waals surface area contributed by atoms with Crippen LogP contribution in [0.2, 0.25) is 0 Å². The fourth-order valence-corrected chi connectivity index (χ4v) is 2.40. The van der Waals surface area contributed by atoms with Crippen LogP contribution in [0.5, 0.6) is 0 Å². The Hall–Kier alpha value is -1.43. The lowest BCUT2D eigenvalue weighted by molar-refractivity contribution is -0.119. The zero-order valence-corrected chi connectivity index (χ0v) is 12.0. The van der Waals surface area contributed by atoms with Gasteiger partial charge in [-0.3, -0.25) is 9.69 Å². The molecule has 1 saturated heterocycles. The van der Waals surface area contributed by atoms with Gasteiger partial charge in [-0.05, 0) is 18.1 Å². The summed E-state index contributed by atoms with van der Waals surface area (Å²) < 4.78 is 5.55. The van der Waals surface area contributed by atoms with Gasteiger partial charge in [-0.15, -0.1) is 0 Å². The van der Waals surface area contributed by atoms with Gasteiger partial charge in [0.25, 0.3) is 0 Å². The molecular weight excluding hydrogens is 254 g/mol. The summed E-state index contributed by atoms with van der Waals surface area (Å²) in [6, 6.07) is 8.30. The summed E-state index contributed by atoms with van der Waals surface area (Å²) in [5.41, 5.74) is 7.64. The molecule has 0 aliphatic carbocycles. The number of benzene rings is 1. The molecule has 110 valence electrons. The number of ether oxygens (including phenoxy) is 1. The quantitative estimate of drug-likeness (QED) is 0.821. The summed E-state index contributed by atoms with van der Waals surface area (Å²) in [6.07, 6.45) is 0.302. The maximum Gasteiger partial charge on any atom is 0.234 e. The van der Waals surface area contributed by atoms with E-state index in [9.17, 15) is 4.79 Å². The molecule has 0 aromatic heterocycles. The average Bonchev–Trinajstić information content (AvgIpc) is 2.45. The fourth-order valence-electron chi connectivity index (χ4n) is 2.40. The Morgan fingerprint density at radius 2 is 2.30 bits per heavy atom. The first-order valence-corrected chi connectivity index (χ1v) is 7.06. The van der Waals surface area contributed by atoms with Gasteiger partial charge in [-0.2, -0.15) is 0 Å². The number of carbonyl (C=O) groups is 1. The van der Waals surface area contributed by atoms with Crippen molar-refractivity contribution in [2.24, 2.45) is 5.73 Å². The molecule has 1 amide bonds. The van der Waals surface area contributed by atoms with E-state index in [1.165, 1.54) is 5.56 Å². The second kappa shape index (κ2) is 7.38. The molecule has 20 heavy (non-hydrogen) atoms. The third-order valence-electron chi connectivity index (χ3n) is 3.40. The molecule has 2 rings (SSSR count). The molecule has 1 aliphatic heterocycles. The standard InChI is InChI=1S/C15H23N3O2/c1-12-10-18(5-6-20-12)11-14-4-2-3-13(7-14)9-17-15(19)8-16/h2-4,7,12H,5-6,8-11,16H2,1H3,(H,17,19). The van der Waals surface area contributed by atoms with E-state index in [-0.39, 0.29) is 12.5 Å². The van der Waals surface area contributed by atoms with E-state index in [2.05, 4.69) is 29.3 Å². The molecule has 0 bridgehead atoms. The summed E-state index contributed by atoms with van der Waals surface area (Å²) in [5.74, 6) is -0.127. The zero-order chi connectivity index (χ0) is 14.4. The van der Waals surface area contributed by atoms with Crippen LogP contribution in [0.1, 0.15) is 18.1 Å². The smallest absolute Gasteiger partial charge is 0.234 e. The molecule has 1 atom stereocenters. The Bertz CT molecular complexity index is 450. The third-order valence-corrected chi connectivity index (χ3v) is 3.40. The van der Waals surface area contributed by atoms with Crippen LogP contribution in [0, 0.1) is 0 Å². The molecule has 1 aromatic carbocycles. The summed E-state index contributed by atoms with van der Waals surface area (Å²) in [4.78, 5) is 13.6. The first-order valence-electron chi connectivity index (χ1n) is 7.06. The predicted molar refractivity (Wildman–Crippen MR) is 78.0 cm³/mol. The molecule has 1 unspecified atom stereocenters. The number of carbonyl (C=O) groups excluding carboxylic acids is 1. The fraction of sp³-hybridized carbons (Fsp3) is 0.533. The zero-order valence-electron chi connectivity index (χ0n) is 12.0. The minimum Gasteiger partial charge on any atom is -0.376 e. The van der Waals surface area contributed by atoms with Crippen molar-refractivity contribution in [3.8, 4) is 0 Å². The normalized spacial score (nSPS) is 19.8. The van der Waals surface area contributed by atoms with Crippen molar-refractivity contribution >= 4 is 5.91 Å². The average molecular weight is 277 g/mol. The number of hydrogen-bond acceptors (Lipinski definition) is 4. The molecule has 0 saturated carbocycles. The van der Waals surface area contributed by atoms with E-state index in [4.69, 9.17) is 10.5 Å². The molecule has 1 aromatic rings. The summed E-state index contributed by atoms with van der Waals surface area (Å²) in [7, 11) is 0. The summed E-state index contributed by atoms with van der Waals surface area (Å²) in [6.45, 7) is 6.33. The van der Waals surface area contributed by atoms with Crippen molar-refractivity contribution in [3.05, 3.63) is 35.4 Å². The van der Waals surface area contributed by atoms with Gasteiger partial charge in [0, 0.05) is 26.2 Å². The van der Waals surface area contributed by atoms with Crippen LogP contribution >= 0.6 is 0 Å². The molecule has 3 N–H and O–H groups in total. The van der Waals surface area contributed by atoms with E-state index < -0.39 is 0 Å². The van der Waals surface area contributed by atoms with Crippen LogP contribution in [0.3, 0.4) is 0 Å². The Kier molecular flexibility index (Phi) is 5.52. The Morgan fingerprint density at radius 3 is 3.05 bits per heavy atom. The number of amides is 1. The van der Waals surface area contributed by atoms with Gasteiger partial charge in [-0.25, -0.2) is 0 Å². The highest BCUT2D eigenvalue weighted by atomic mass is 16.5. The maximum absolute atomic E-state index is 11.2. The third kappa shape index (κ3) is 4.59. The number of nitrogens with zero attached hydrogens (tertiary/aromatic N) is 1. The van der Waals surface area contributed by atoms with Crippen molar-refractivity contribution in [3.63, 3.8) is 0 Å². The Morgan fingerprint density at radius 1 is 1.50 bits per heavy atom. The molecule has 0 spiro atoms. The highest BCUT2D eigenvalue weighted by Gasteiger charge is 2.16. The van der Waals surface area contributed by atoms with Crippen LogP contribution in [0.15, 0.2) is 24.3 Å². The number of hydrogen-bond donors (Lipinski definition) is 2. The minimum absolute atomic E-state index is 0.0331. The Balaban J connectivity index is 1.90. The molecular formula is C15H23N3O2. The minimum atomic E-state index is -0.127. The van der Waals surface area contributed by atoms with Crippen LogP contribution in [0.4, 0.5) is 0 Å². The van der Waals surface area contributed by atoms with Gasteiger partial charge in [0.15, 0.2) is 0 Å². The summed E-state index contributed by atoms with van der Waals surface area (Å²) >= 11 is 0. The van der Waals surface area contributed by atoms with Gasteiger partial charge in [0.1, 0.15) is 0 Å². The highest BCUT2D eigenvalue weighted by Crippen LogP contribution is 2.12. The van der Waals surface area contributed by atoms with Crippen LogP contribution < -0.4 is 11.1 Å². The topological polar surface area (TPSA) is 67.6 Å². The molecule has 5 heteroatoms. The van der Waals surface area contributed by atoms with E-state index in [1.807, 2.05) is 12.1 Å². The number of rotatable bonds is 5. The Labute approximate surface area is 120 Å². The van der Waals surface area contributed by atoms with E-state index in [0.29, 0.717) is 12.6 Å². The molecule has 1 aliphatic rings. The second-order valence-corrected chi connectivity index (χ2v) is 5.22. The molecule has 0 radical (unpaired) electrons. The highest BCUT2D eigenvalue weighted by molar-refractivity contribution is 5.77. The molecule has 1 fully saturated rings. The van der Waals surface area contributed by atoms with E-state index in [0.717, 1.165) is 31.8 Å². The maximum atomic E-state index is 11.2. The van der Waals surface area contributed by atoms with Crippen molar-refractivity contribution in [1.82, 2.24) is 10.2 Å². The van der Waals surface area contributed by atoms with E-state index in [1.54, 1.807) is 0 Å². The lowest BCUT2D eigenvalue weighted by Crippen LogP contribution is -2.40. The first kappa shape index (κ1) is 15.0. The van der Waals surface area contributed by atoms with Crippen LogP contribution in [0.25, 0.3) is 0 Å². The number of morpholine rings is 1.